The number of benzene rings is 1. The molecule has 1 aromatic carbocycles. The molecule has 7 nitrogen and oxygen atoms in total. The van der Waals surface area contributed by atoms with Gasteiger partial charge < -0.3 is 10.2 Å². The van der Waals surface area contributed by atoms with Crippen LogP contribution in [0.5, 0.6) is 0 Å². The minimum Gasteiger partial charge on any atom is -0.336 e. The molecule has 0 saturated carbocycles. The van der Waals surface area contributed by atoms with Crippen molar-refractivity contribution >= 4 is 17.8 Å². The quantitative estimate of drug-likeness (QED) is 0.552. The number of hydrogen-bond acceptors (Lipinski definition) is 4. The molecule has 4 heterocycles. The summed E-state index contributed by atoms with van der Waals surface area (Å²) in [6.45, 7) is 3.24. The van der Waals surface area contributed by atoms with Gasteiger partial charge in [0.1, 0.15) is 6.04 Å². The Labute approximate surface area is 201 Å². The largest absolute Gasteiger partial charge is 0.336 e. The third kappa shape index (κ3) is 3.84. The molecule has 4 saturated heterocycles. The molecule has 4 aliphatic heterocycles. The third-order valence-corrected chi connectivity index (χ3v) is 8.65. The average Bonchev–Trinajstić information content (AvgIpc) is 3.11. The molecular formula is C27H34N4O3. The molecule has 1 N–H and O–H groups in total. The van der Waals surface area contributed by atoms with Crippen molar-refractivity contribution in [2.45, 2.75) is 69.6 Å². The maximum absolute atomic E-state index is 13.5. The van der Waals surface area contributed by atoms with Gasteiger partial charge in [0.15, 0.2) is 0 Å². The first kappa shape index (κ1) is 21.8. The molecule has 34 heavy (non-hydrogen) atoms. The molecule has 1 aliphatic carbocycles. The molecule has 6 rings (SSSR count). The molecule has 1 aromatic rings. The monoisotopic (exact) mass is 462 g/mol. The van der Waals surface area contributed by atoms with Crippen LogP contribution in [0.15, 0.2) is 42.0 Å². The fourth-order valence-corrected chi connectivity index (χ4v) is 7.18. The van der Waals surface area contributed by atoms with E-state index in [0.717, 1.165) is 31.5 Å². The highest BCUT2D eigenvalue weighted by molar-refractivity contribution is 6.05. The summed E-state index contributed by atoms with van der Waals surface area (Å²) in [7, 11) is 0. The van der Waals surface area contributed by atoms with Crippen LogP contribution in [0.1, 0.15) is 50.5 Å². The standard InChI is InChI=1S/C27H34N4O3/c32-24(15-22-26(33)31(27(34)28-22)16-18-7-2-1-3-8-18)30-12-6-9-19-13-20-14-21(25(19)30)17-29-11-5-4-10-23(20)29/h1-3,7-8,13,20-23,25H,4-6,9-12,14-17H2,(H,28,34)/t20-,21-,22-,23-,25-/m0/s1. The second-order valence-corrected chi connectivity index (χ2v) is 10.7. The number of fused-ring (bicyclic) bond motifs is 6. The number of piperidine rings is 3. The number of hydrogen-bond donors (Lipinski definition) is 1. The van der Waals surface area contributed by atoms with E-state index < -0.39 is 12.1 Å². The van der Waals surface area contributed by atoms with Crippen LogP contribution in [0.25, 0.3) is 0 Å². The van der Waals surface area contributed by atoms with Crippen LogP contribution in [0.3, 0.4) is 0 Å². The predicted octanol–water partition coefficient (Wildman–Crippen LogP) is 2.92. The van der Waals surface area contributed by atoms with Crippen molar-refractivity contribution in [1.29, 1.82) is 0 Å². The molecule has 2 bridgehead atoms. The molecule has 0 radical (unpaired) electrons. The van der Waals surface area contributed by atoms with Gasteiger partial charge in [-0.05, 0) is 56.0 Å². The second kappa shape index (κ2) is 8.84. The Kier molecular flexibility index (Phi) is 5.68. The third-order valence-electron chi connectivity index (χ3n) is 8.65. The van der Waals surface area contributed by atoms with Crippen LogP contribution < -0.4 is 5.32 Å². The fraction of sp³-hybridized carbons (Fsp3) is 0.593. The summed E-state index contributed by atoms with van der Waals surface area (Å²) in [5, 5.41) is 2.76. The van der Waals surface area contributed by atoms with Gasteiger partial charge in [0.05, 0.1) is 19.0 Å². The zero-order valence-corrected chi connectivity index (χ0v) is 19.7. The van der Waals surface area contributed by atoms with Crippen molar-refractivity contribution in [3.63, 3.8) is 0 Å². The molecular weight excluding hydrogens is 428 g/mol. The lowest BCUT2D eigenvalue weighted by atomic mass is 9.68. The van der Waals surface area contributed by atoms with Crippen LogP contribution in [-0.2, 0) is 16.1 Å². The van der Waals surface area contributed by atoms with E-state index >= 15 is 0 Å². The predicted molar refractivity (Wildman–Crippen MR) is 128 cm³/mol. The zero-order chi connectivity index (χ0) is 23.2. The van der Waals surface area contributed by atoms with Gasteiger partial charge in [-0.25, -0.2) is 4.79 Å². The summed E-state index contributed by atoms with van der Waals surface area (Å²) in [6, 6.07) is 9.15. The van der Waals surface area contributed by atoms with Crippen molar-refractivity contribution < 1.29 is 14.4 Å². The summed E-state index contributed by atoms with van der Waals surface area (Å²) in [5.41, 5.74) is 2.34. The maximum atomic E-state index is 13.5. The van der Waals surface area contributed by atoms with Gasteiger partial charge in [-0.15, -0.1) is 0 Å². The van der Waals surface area contributed by atoms with Crippen molar-refractivity contribution in [1.82, 2.24) is 20.0 Å². The van der Waals surface area contributed by atoms with Crippen molar-refractivity contribution in [2.24, 2.45) is 11.8 Å². The van der Waals surface area contributed by atoms with E-state index in [-0.39, 0.29) is 30.8 Å². The van der Waals surface area contributed by atoms with E-state index in [1.54, 1.807) is 0 Å². The number of rotatable bonds is 4. The minimum absolute atomic E-state index is 0.00460. The van der Waals surface area contributed by atoms with Gasteiger partial charge in [0.2, 0.25) is 5.91 Å². The number of nitrogens with zero attached hydrogens (tertiary/aromatic N) is 3. The molecule has 5 atom stereocenters. The van der Waals surface area contributed by atoms with Gasteiger partial charge >= 0.3 is 6.03 Å². The maximum Gasteiger partial charge on any atom is 0.325 e. The Bertz CT molecular complexity index is 1010. The number of imide groups is 1. The lowest BCUT2D eigenvalue weighted by molar-refractivity contribution is -0.139. The number of urea groups is 1. The Morgan fingerprint density at radius 3 is 2.76 bits per heavy atom. The number of nitrogens with one attached hydrogen (secondary N) is 1. The summed E-state index contributed by atoms with van der Waals surface area (Å²) in [5.74, 6) is 0.803. The lowest BCUT2D eigenvalue weighted by Gasteiger charge is -2.54. The van der Waals surface area contributed by atoms with E-state index in [2.05, 4.69) is 16.3 Å². The SMILES string of the molecule is O=C1N[C@@H](CC(=O)N2CCCC3=C[C@H]4C[C@@H](CN5CCCC[C@@H]45)[C@H]32)C(=O)N1Cc1ccccc1. The van der Waals surface area contributed by atoms with Crippen molar-refractivity contribution in [3.05, 3.63) is 47.5 Å². The molecule has 0 aromatic heterocycles. The first-order valence-electron chi connectivity index (χ1n) is 13.0. The van der Waals surface area contributed by atoms with Gasteiger partial charge in [-0.2, -0.15) is 0 Å². The van der Waals surface area contributed by atoms with E-state index in [0.29, 0.717) is 17.9 Å². The van der Waals surface area contributed by atoms with Gasteiger partial charge in [-0.3, -0.25) is 19.4 Å². The van der Waals surface area contributed by atoms with Crippen molar-refractivity contribution in [3.8, 4) is 0 Å². The number of likely N-dealkylation sites (tertiary alicyclic amines) is 1. The van der Waals surface area contributed by atoms with Crippen LogP contribution in [0, 0.1) is 11.8 Å². The topological polar surface area (TPSA) is 73.0 Å². The van der Waals surface area contributed by atoms with E-state index in [4.69, 9.17) is 0 Å². The first-order valence-corrected chi connectivity index (χ1v) is 13.0. The molecule has 4 fully saturated rings. The normalized spacial score (nSPS) is 33.2. The van der Waals surface area contributed by atoms with E-state index in [1.165, 1.54) is 42.7 Å². The average molecular weight is 463 g/mol. The van der Waals surface area contributed by atoms with Gasteiger partial charge in [0.25, 0.3) is 5.91 Å². The van der Waals surface area contributed by atoms with Crippen LogP contribution >= 0.6 is 0 Å². The van der Waals surface area contributed by atoms with Gasteiger partial charge in [-0.1, -0.05) is 48.4 Å². The minimum atomic E-state index is -0.771. The Morgan fingerprint density at radius 2 is 1.91 bits per heavy atom. The number of amides is 4. The molecule has 4 amide bonds. The van der Waals surface area contributed by atoms with Crippen molar-refractivity contribution in [2.75, 3.05) is 19.6 Å². The van der Waals surface area contributed by atoms with Crippen LogP contribution in [0.4, 0.5) is 4.79 Å². The Morgan fingerprint density at radius 1 is 1.06 bits per heavy atom. The Balaban J connectivity index is 1.16. The molecule has 7 heteroatoms. The summed E-state index contributed by atoms with van der Waals surface area (Å²) < 4.78 is 0. The van der Waals surface area contributed by atoms with E-state index in [1.807, 2.05) is 35.2 Å². The summed E-state index contributed by atoms with van der Waals surface area (Å²) in [4.78, 5) is 45.0. The first-order chi connectivity index (χ1) is 16.6. The zero-order valence-electron chi connectivity index (χ0n) is 19.7. The number of carbonyl (C=O) groups excluding carboxylic acids is 3. The summed E-state index contributed by atoms with van der Waals surface area (Å²) >= 11 is 0. The number of carbonyl (C=O) groups is 3. The lowest BCUT2D eigenvalue weighted by Crippen LogP contribution is -2.60. The highest BCUT2D eigenvalue weighted by Crippen LogP contribution is 2.45. The summed E-state index contributed by atoms with van der Waals surface area (Å²) in [6.07, 6.45) is 9.70. The molecule has 0 unspecified atom stereocenters. The smallest absolute Gasteiger partial charge is 0.325 e. The fourth-order valence-electron chi connectivity index (χ4n) is 7.18. The van der Waals surface area contributed by atoms with E-state index in [9.17, 15) is 14.4 Å². The Hall–Kier alpha value is -2.67. The molecule has 180 valence electrons. The van der Waals surface area contributed by atoms with Crippen LogP contribution in [0.2, 0.25) is 0 Å². The highest BCUT2D eigenvalue weighted by Gasteiger charge is 2.48. The molecule has 5 aliphatic rings. The second-order valence-electron chi connectivity index (χ2n) is 10.7. The van der Waals surface area contributed by atoms with Gasteiger partial charge in [0, 0.05) is 19.1 Å². The highest BCUT2D eigenvalue weighted by atomic mass is 16.2. The van der Waals surface area contributed by atoms with Crippen LogP contribution in [-0.4, -0.2) is 70.3 Å². The molecule has 0 spiro atoms.